The number of hydrogen-bond acceptors (Lipinski definition) is 5. The maximum atomic E-state index is 5.77. The molecule has 0 radical (unpaired) electrons. The molecule has 0 aliphatic carbocycles. The molecule has 0 aliphatic heterocycles. The fraction of sp³-hybridized carbons (Fsp3) is 0.533. The Kier molecular flexibility index (Phi) is 5.61. The van der Waals surface area contributed by atoms with Crippen LogP contribution in [0.2, 0.25) is 0 Å². The molecular weight excluding hydrogens is 272 g/mol. The molecule has 1 N–H and O–H groups in total. The highest BCUT2D eigenvalue weighted by Crippen LogP contribution is 2.31. The van der Waals surface area contributed by atoms with Crippen LogP contribution in [-0.2, 0) is 6.42 Å². The minimum absolute atomic E-state index is 0.692. The molecule has 0 atom stereocenters. The Hall–Kier alpha value is -1.33. The second-order valence-corrected chi connectivity index (χ2v) is 6.08. The minimum Gasteiger partial charge on any atom is -0.496 e. The summed E-state index contributed by atoms with van der Waals surface area (Å²) in [6.45, 7) is 6.49. The molecule has 0 bridgehead atoms. The molecule has 0 spiro atoms. The van der Waals surface area contributed by atoms with E-state index < -0.39 is 0 Å². The fourth-order valence-electron chi connectivity index (χ4n) is 1.85. The van der Waals surface area contributed by atoms with Crippen LogP contribution in [0.5, 0.6) is 5.75 Å². The van der Waals surface area contributed by atoms with Crippen molar-refractivity contribution < 1.29 is 9.15 Å². The smallest absolute Gasteiger partial charge is 0.194 e. The van der Waals surface area contributed by atoms with E-state index in [4.69, 9.17) is 9.15 Å². The van der Waals surface area contributed by atoms with E-state index in [-0.39, 0.29) is 0 Å². The third-order valence-electron chi connectivity index (χ3n) is 2.90. The van der Waals surface area contributed by atoms with Gasteiger partial charge in [0.1, 0.15) is 5.75 Å². The third-order valence-corrected chi connectivity index (χ3v) is 3.83. The first-order valence-corrected chi connectivity index (χ1v) is 7.85. The third kappa shape index (κ3) is 4.35. The Morgan fingerprint density at radius 2 is 2.30 bits per heavy atom. The van der Waals surface area contributed by atoms with E-state index in [1.807, 2.05) is 11.4 Å². The van der Waals surface area contributed by atoms with Crippen LogP contribution in [0.4, 0.5) is 0 Å². The molecule has 5 heteroatoms. The summed E-state index contributed by atoms with van der Waals surface area (Å²) in [7, 11) is 1.67. The predicted molar refractivity (Wildman–Crippen MR) is 82.4 cm³/mol. The monoisotopic (exact) mass is 294 g/mol. The molecule has 2 rings (SSSR count). The van der Waals surface area contributed by atoms with Crippen molar-refractivity contribution in [2.24, 2.45) is 5.92 Å². The quantitative estimate of drug-likeness (QED) is 0.756. The molecule has 0 fully saturated rings. The fourth-order valence-corrected chi connectivity index (χ4v) is 2.65. The van der Waals surface area contributed by atoms with Crippen molar-refractivity contribution in [1.82, 2.24) is 10.3 Å². The highest BCUT2D eigenvalue weighted by molar-refractivity contribution is 7.13. The van der Waals surface area contributed by atoms with Crippen molar-refractivity contribution in [3.8, 4) is 16.4 Å². The van der Waals surface area contributed by atoms with Crippen molar-refractivity contribution in [2.75, 3.05) is 20.2 Å². The van der Waals surface area contributed by atoms with Crippen LogP contribution in [0.1, 0.15) is 26.2 Å². The van der Waals surface area contributed by atoms with Crippen molar-refractivity contribution in [3.05, 3.63) is 23.5 Å². The van der Waals surface area contributed by atoms with E-state index in [1.54, 1.807) is 24.6 Å². The van der Waals surface area contributed by atoms with E-state index in [9.17, 15) is 0 Å². The normalized spacial score (nSPS) is 11.2. The molecule has 0 saturated heterocycles. The Bertz CT molecular complexity index is 519. The molecule has 2 heterocycles. The standard InChI is InChI=1S/C15H22N2O2S/c1-11(2)8-16-6-4-5-15-17-9-13(19-15)14-7-12(18-3)10-20-14/h7,9-11,16H,4-6,8H2,1-3H3. The number of aryl methyl sites for hydroxylation is 1. The number of nitrogens with zero attached hydrogens (tertiary/aromatic N) is 1. The summed E-state index contributed by atoms with van der Waals surface area (Å²) in [5, 5.41) is 5.39. The Balaban J connectivity index is 1.80. The summed E-state index contributed by atoms with van der Waals surface area (Å²) in [6.07, 6.45) is 3.70. The van der Waals surface area contributed by atoms with Gasteiger partial charge in [0.2, 0.25) is 0 Å². The average Bonchev–Trinajstić information content (AvgIpc) is 3.06. The zero-order chi connectivity index (χ0) is 14.4. The lowest BCUT2D eigenvalue weighted by atomic mass is 10.2. The second-order valence-electron chi connectivity index (χ2n) is 5.17. The second kappa shape index (κ2) is 7.45. The van der Waals surface area contributed by atoms with Crippen LogP contribution >= 0.6 is 11.3 Å². The predicted octanol–water partition coefficient (Wildman–Crippen LogP) is 3.59. The van der Waals surface area contributed by atoms with E-state index in [0.717, 1.165) is 48.2 Å². The SMILES string of the molecule is COc1csc(-c2cnc(CCCNCC(C)C)o2)c1. The van der Waals surface area contributed by atoms with E-state index >= 15 is 0 Å². The molecule has 0 unspecified atom stereocenters. The van der Waals surface area contributed by atoms with Crippen LogP contribution in [0.3, 0.4) is 0 Å². The number of rotatable bonds is 8. The Morgan fingerprint density at radius 1 is 1.45 bits per heavy atom. The summed E-state index contributed by atoms with van der Waals surface area (Å²) < 4.78 is 10.9. The van der Waals surface area contributed by atoms with Crippen molar-refractivity contribution >= 4 is 11.3 Å². The largest absolute Gasteiger partial charge is 0.496 e. The lowest BCUT2D eigenvalue weighted by Crippen LogP contribution is -2.21. The van der Waals surface area contributed by atoms with E-state index in [1.165, 1.54) is 0 Å². The van der Waals surface area contributed by atoms with Crippen LogP contribution in [0.25, 0.3) is 10.6 Å². The lowest BCUT2D eigenvalue weighted by molar-refractivity contribution is 0.416. The maximum Gasteiger partial charge on any atom is 0.194 e. The molecule has 0 aromatic carbocycles. The number of thiophene rings is 1. The Labute approximate surface area is 124 Å². The van der Waals surface area contributed by atoms with Crippen LogP contribution < -0.4 is 10.1 Å². The first-order valence-electron chi connectivity index (χ1n) is 6.97. The topological polar surface area (TPSA) is 47.3 Å². The van der Waals surface area contributed by atoms with Gasteiger partial charge in [0.25, 0.3) is 0 Å². The molecule has 2 aromatic heterocycles. The van der Waals surface area contributed by atoms with Gasteiger partial charge in [0, 0.05) is 17.9 Å². The molecule has 0 amide bonds. The molecule has 110 valence electrons. The van der Waals surface area contributed by atoms with Gasteiger partial charge in [-0.3, -0.25) is 0 Å². The van der Waals surface area contributed by atoms with Gasteiger partial charge in [-0.1, -0.05) is 13.8 Å². The zero-order valence-corrected chi connectivity index (χ0v) is 13.1. The van der Waals surface area contributed by atoms with E-state index in [2.05, 4.69) is 24.1 Å². The van der Waals surface area contributed by atoms with Crippen LogP contribution in [-0.4, -0.2) is 25.2 Å². The van der Waals surface area contributed by atoms with Crippen molar-refractivity contribution in [1.29, 1.82) is 0 Å². The summed E-state index contributed by atoms with van der Waals surface area (Å²) in [5.74, 6) is 3.18. The molecule has 20 heavy (non-hydrogen) atoms. The number of ether oxygens (including phenoxy) is 1. The van der Waals surface area contributed by atoms with Crippen LogP contribution in [0, 0.1) is 5.92 Å². The summed E-state index contributed by atoms with van der Waals surface area (Å²) in [4.78, 5) is 5.39. The van der Waals surface area contributed by atoms with Gasteiger partial charge < -0.3 is 14.5 Å². The lowest BCUT2D eigenvalue weighted by Gasteiger charge is -2.05. The zero-order valence-electron chi connectivity index (χ0n) is 12.3. The maximum absolute atomic E-state index is 5.77. The van der Waals surface area contributed by atoms with Gasteiger partial charge >= 0.3 is 0 Å². The Morgan fingerprint density at radius 3 is 3.00 bits per heavy atom. The van der Waals surface area contributed by atoms with Crippen LogP contribution in [0.15, 0.2) is 22.1 Å². The minimum atomic E-state index is 0.692. The molecule has 0 aliphatic rings. The number of methoxy groups -OCH3 is 1. The van der Waals surface area contributed by atoms with E-state index in [0.29, 0.717) is 5.92 Å². The van der Waals surface area contributed by atoms with Crippen molar-refractivity contribution in [3.63, 3.8) is 0 Å². The van der Waals surface area contributed by atoms with Gasteiger partial charge in [0.05, 0.1) is 18.2 Å². The summed E-state index contributed by atoms with van der Waals surface area (Å²) in [5.41, 5.74) is 0. The van der Waals surface area contributed by atoms with Gasteiger partial charge in [-0.15, -0.1) is 11.3 Å². The summed E-state index contributed by atoms with van der Waals surface area (Å²) >= 11 is 1.60. The molecule has 2 aromatic rings. The number of hydrogen-bond donors (Lipinski definition) is 1. The molecule has 0 saturated carbocycles. The highest BCUT2D eigenvalue weighted by atomic mass is 32.1. The number of aromatic nitrogens is 1. The first kappa shape index (κ1) is 15.1. The first-order chi connectivity index (χ1) is 9.69. The molecule has 4 nitrogen and oxygen atoms in total. The van der Waals surface area contributed by atoms with Gasteiger partial charge in [-0.05, 0) is 25.4 Å². The van der Waals surface area contributed by atoms with Crippen molar-refractivity contribution in [2.45, 2.75) is 26.7 Å². The van der Waals surface area contributed by atoms with Gasteiger partial charge in [-0.25, -0.2) is 4.98 Å². The van der Waals surface area contributed by atoms with Gasteiger partial charge in [-0.2, -0.15) is 0 Å². The number of oxazole rings is 1. The average molecular weight is 294 g/mol. The molecular formula is C15H22N2O2S. The highest BCUT2D eigenvalue weighted by Gasteiger charge is 2.09. The summed E-state index contributed by atoms with van der Waals surface area (Å²) in [6, 6.07) is 1.97. The number of nitrogens with one attached hydrogen (secondary N) is 1. The van der Waals surface area contributed by atoms with Gasteiger partial charge in [0.15, 0.2) is 11.7 Å².